The molecule has 0 N–H and O–H groups in total. The van der Waals surface area contributed by atoms with Gasteiger partial charge in [0.15, 0.2) is 0 Å². The fourth-order valence-corrected chi connectivity index (χ4v) is 8.53. The lowest BCUT2D eigenvalue weighted by Gasteiger charge is -2.25. The molecule has 8 aromatic carbocycles. The number of hydrogen-bond donors (Lipinski definition) is 0. The van der Waals surface area contributed by atoms with E-state index in [0.29, 0.717) is 0 Å². The van der Waals surface area contributed by atoms with Crippen LogP contribution in [0.15, 0.2) is 170 Å². The Kier molecular flexibility index (Phi) is 5.78. The molecule has 0 aliphatic rings. The standard InChI is InChI=1S/C44H28N2S/c1-3-13-31(14-4-1)45(32-15-5-2-6-16-32)33-21-25-41-37(27-33)38-28-34(22-26-42(38)47-41)46-39-23-19-29-11-7-9-17-35(29)43(39)44-36-18-10-8-12-30(36)20-24-40(44)46/h1-28H. The molecule has 0 bridgehead atoms. The van der Waals surface area contributed by atoms with E-state index in [9.17, 15) is 0 Å². The monoisotopic (exact) mass is 616 g/mol. The van der Waals surface area contributed by atoms with E-state index in [0.717, 1.165) is 17.1 Å². The topological polar surface area (TPSA) is 8.17 Å². The van der Waals surface area contributed by atoms with Crippen molar-refractivity contribution in [1.29, 1.82) is 0 Å². The highest BCUT2D eigenvalue weighted by molar-refractivity contribution is 7.25. The van der Waals surface area contributed by atoms with Crippen molar-refractivity contribution in [3.8, 4) is 5.69 Å². The molecule has 0 atom stereocenters. The minimum atomic E-state index is 1.14. The maximum absolute atomic E-state index is 2.47. The Labute approximate surface area is 276 Å². The molecular formula is C44H28N2S. The SMILES string of the molecule is c1ccc(N(c2ccccc2)c2ccc3sc4ccc(-n5c6ccc7ccccc7c6c6c7ccccc7ccc65)cc4c3c2)cc1. The summed E-state index contributed by atoms with van der Waals surface area (Å²) < 4.78 is 5.06. The smallest absolute Gasteiger partial charge is 0.0547 e. The second-order valence-corrected chi connectivity index (χ2v) is 13.3. The summed E-state index contributed by atoms with van der Waals surface area (Å²) in [6, 6.07) is 61.9. The van der Waals surface area contributed by atoms with E-state index < -0.39 is 0 Å². The van der Waals surface area contributed by atoms with Crippen molar-refractivity contribution in [1.82, 2.24) is 4.57 Å². The third-order valence-electron chi connectivity index (χ3n) is 9.53. The van der Waals surface area contributed by atoms with Crippen molar-refractivity contribution in [3.05, 3.63) is 170 Å². The summed E-state index contributed by atoms with van der Waals surface area (Å²) in [6.07, 6.45) is 0. The van der Waals surface area contributed by atoms with Crippen molar-refractivity contribution in [2.75, 3.05) is 4.90 Å². The average Bonchev–Trinajstić information content (AvgIpc) is 3.68. The average molecular weight is 617 g/mol. The van der Waals surface area contributed by atoms with E-state index in [1.807, 2.05) is 11.3 Å². The molecule has 0 saturated carbocycles. The minimum Gasteiger partial charge on any atom is -0.310 e. The van der Waals surface area contributed by atoms with Crippen LogP contribution in [-0.4, -0.2) is 4.57 Å². The third-order valence-corrected chi connectivity index (χ3v) is 10.7. The second kappa shape index (κ2) is 10.3. The number of para-hydroxylation sites is 2. The van der Waals surface area contributed by atoms with Gasteiger partial charge in [0.2, 0.25) is 0 Å². The van der Waals surface area contributed by atoms with Crippen LogP contribution in [0.5, 0.6) is 0 Å². The van der Waals surface area contributed by atoms with Gasteiger partial charge in [-0.15, -0.1) is 11.3 Å². The zero-order chi connectivity index (χ0) is 30.9. The molecule has 10 aromatic rings. The first kappa shape index (κ1) is 26.3. The summed E-state index contributed by atoms with van der Waals surface area (Å²) in [6.45, 7) is 0. The van der Waals surface area contributed by atoms with Crippen molar-refractivity contribution in [2.45, 2.75) is 0 Å². The molecule has 3 heteroatoms. The molecule has 0 amide bonds. The molecule has 0 unspecified atom stereocenters. The summed E-state index contributed by atoms with van der Waals surface area (Å²) in [5.41, 5.74) is 7.07. The van der Waals surface area contributed by atoms with Gasteiger partial charge in [0.1, 0.15) is 0 Å². The van der Waals surface area contributed by atoms with Gasteiger partial charge in [-0.1, -0.05) is 97.1 Å². The number of anilines is 3. The Morgan fingerprint density at radius 1 is 0.383 bits per heavy atom. The molecule has 0 aliphatic heterocycles. The summed E-state index contributed by atoms with van der Waals surface area (Å²) >= 11 is 1.86. The Morgan fingerprint density at radius 2 is 0.894 bits per heavy atom. The number of thiophene rings is 1. The number of aromatic nitrogens is 1. The fourth-order valence-electron chi connectivity index (χ4n) is 7.46. The van der Waals surface area contributed by atoms with Gasteiger partial charge in [-0.25, -0.2) is 0 Å². The molecule has 0 radical (unpaired) electrons. The van der Waals surface area contributed by atoms with Crippen LogP contribution in [0.4, 0.5) is 17.1 Å². The molecule has 2 nitrogen and oxygen atoms in total. The Bertz CT molecular complexity index is 2660. The summed E-state index contributed by atoms with van der Waals surface area (Å²) in [7, 11) is 0. The number of fused-ring (bicyclic) bond motifs is 10. The second-order valence-electron chi connectivity index (χ2n) is 12.2. The van der Waals surface area contributed by atoms with E-state index in [1.165, 1.54) is 69.2 Å². The lowest BCUT2D eigenvalue weighted by molar-refractivity contribution is 1.19. The highest BCUT2D eigenvalue weighted by Crippen LogP contribution is 2.44. The molecular weight excluding hydrogens is 589 g/mol. The predicted molar refractivity (Wildman–Crippen MR) is 203 cm³/mol. The van der Waals surface area contributed by atoms with Crippen LogP contribution in [0.3, 0.4) is 0 Å². The fraction of sp³-hybridized carbons (Fsp3) is 0. The van der Waals surface area contributed by atoms with Gasteiger partial charge in [-0.3, -0.25) is 0 Å². The lowest BCUT2D eigenvalue weighted by atomic mass is 10.00. The summed E-state index contributed by atoms with van der Waals surface area (Å²) in [5, 5.41) is 10.3. The van der Waals surface area contributed by atoms with E-state index in [4.69, 9.17) is 0 Å². The van der Waals surface area contributed by atoms with Gasteiger partial charge in [-0.05, 0) is 94.3 Å². The van der Waals surface area contributed by atoms with E-state index in [2.05, 4.69) is 179 Å². The highest BCUT2D eigenvalue weighted by Gasteiger charge is 2.19. The van der Waals surface area contributed by atoms with E-state index >= 15 is 0 Å². The maximum Gasteiger partial charge on any atom is 0.0547 e. The van der Waals surface area contributed by atoms with Crippen LogP contribution in [-0.2, 0) is 0 Å². The van der Waals surface area contributed by atoms with Crippen LogP contribution in [0.1, 0.15) is 0 Å². The van der Waals surface area contributed by atoms with Gasteiger partial charge < -0.3 is 9.47 Å². The molecule has 2 heterocycles. The molecule has 0 aliphatic carbocycles. The summed E-state index contributed by atoms with van der Waals surface area (Å²) in [5.74, 6) is 0. The van der Waals surface area contributed by atoms with Crippen LogP contribution in [0, 0.1) is 0 Å². The van der Waals surface area contributed by atoms with Crippen LogP contribution in [0.25, 0.3) is 69.2 Å². The Morgan fingerprint density at radius 3 is 1.49 bits per heavy atom. The van der Waals surface area contributed by atoms with Gasteiger partial charge in [0.25, 0.3) is 0 Å². The Hall–Kier alpha value is -5.90. The van der Waals surface area contributed by atoms with E-state index in [1.54, 1.807) is 0 Å². The van der Waals surface area contributed by atoms with Crippen LogP contribution < -0.4 is 4.90 Å². The largest absolute Gasteiger partial charge is 0.310 e. The first-order valence-corrected chi connectivity index (χ1v) is 16.8. The zero-order valence-electron chi connectivity index (χ0n) is 25.5. The van der Waals surface area contributed by atoms with Crippen molar-refractivity contribution < 1.29 is 0 Å². The molecule has 2 aromatic heterocycles. The van der Waals surface area contributed by atoms with Crippen molar-refractivity contribution in [2.24, 2.45) is 0 Å². The minimum absolute atomic E-state index is 1.14. The third kappa shape index (κ3) is 4.04. The number of rotatable bonds is 4. The van der Waals surface area contributed by atoms with E-state index in [-0.39, 0.29) is 0 Å². The lowest BCUT2D eigenvalue weighted by Crippen LogP contribution is -2.09. The number of nitrogens with zero attached hydrogens (tertiary/aromatic N) is 2. The van der Waals surface area contributed by atoms with Gasteiger partial charge >= 0.3 is 0 Å². The first-order chi connectivity index (χ1) is 23.3. The normalized spacial score (nSPS) is 11.8. The highest BCUT2D eigenvalue weighted by atomic mass is 32.1. The van der Waals surface area contributed by atoms with Gasteiger partial charge in [-0.2, -0.15) is 0 Å². The number of benzene rings is 8. The number of hydrogen-bond acceptors (Lipinski definition) is 2. The molecule has 0 fully saturated rings. The molecule has 0 saturated heterocycles. The summed E-state index contributed by atoms with van der Waals surface area (Å²) in [4.78, 5) is 2.34. The zero-order valence-corrected chi connectivity index (χ0v) is 26.3. The molecule has 0 spiro atoms. The Balaban J connectivity index is 1.24. The van der Waals surface area contributed by atoms with Crippen molar-refractivity contribution >= 4 is 91.9 Å². The molecule has 10 rings (SSSR count). The van der Waals surface area contributed by atoms with Gasteiger partial charge in [0.05, 0.1) is 11.0 Å². The van der Waals surface area contributed by atoms with Gasteiger partial charge in [0, 0.05) is 53.7 Å². The maximum atomic E-state index is 2.47. The first-order valence-electron chi connectivity index (χ1n) is 16.0. The molecule has 220 valence electrons. The van der Waals surface area contributed by atoms with Crippen LogP contribution in [0.2, 0.25) is 0 Å². The predicted octanol–water partition coefficient (Wildman–Crippen LogP) is 12.9. The van der Waals surface area contributed by atoms with Crippen molar-refractivity contribution in [3.63, 3.8) is 0 Å². The molecule has 47 heavy (non-hydrogen) atoms. The quantitative estimate of drug-likeness (QED) is 0.191. The van der Waals surface area contributed by atoms with Crippen LogP contribution >= 0.6 is 11.3 Å².